The molecule has 1 fully saturated rings. The maximum Gasteiger partial charge on any atom is 0.495 e. The van der Waals surface area contributed by atoms with Gasteiger partial charge in [-0.2, -0.15) is 0 Å². The Balaban J connectivity index is 1.96. The second-order valence-electron chi connectivity index (χ2n) is 6.65. The third-order valence-electron chi connectivity index (χ3n) is 4.90. The molecule has 20 heavy (non-hydrogen) atoms. The third kappa shape index (κ3) is 2.08. The SMILES string of the molecule is CC1(C)OB(c2cccc3c2CCC3O[Si])OC1(C)C. The maximum absolute atomic E-state index is 6.17. The predicted octanol–water partition coefficient (Wildman–Crippen LogP) is 2.07. The van der Waals surface area contributed by atoms with Gasteiger partial charge in [0.1, 0.15) is 0 Å². The molecular weight excluding hydrogens is 267 g/mol. The summed E-state index contributed by atoms with van der Waals surface area (Å²) in [5, 5.41) is 0. The van der Waals surface area contributed by atoms with E-state index >= 15 is 0 Å². The summed E-state index contributed by atoms with van der Waals surface area (Å²) in [5.41, 5.74) is 3.10. The van der Waals surface area contributed by atoms with Crippen molar-refractivity contribution < 1.29 is 13.7 Å². The normalized spacial score (nSPS) is 26.9. The lowest BCUT2D eigenvalue weighted by molar-refractivity contribution is 0.00578. The molecule has 1 aromatic carbocycles. The van der Waals surface area contributed by atoms with E-state index in [4.69, 9.17) is 13.7 Å². The van der Waals surface area contributed by atoms with E-state index in [1.165, 1.54) is 11.1 Å². The van der Waals surface area contributed by atoms with Gasteiger partial charge < -0.3 is 13.7 Å². The predicted molar refractivity (Wildman–Crippen MR) is 80.1 cm³/mol. The molecule has 1 unspecified atom stereocenters. The quantitative estimate of drug-likeness (QED) is 0.779. The number of hydrogen-bond acceptors (Lipinski definition) is 3. The van der Waals surface area contributed by atoms with Crippen LogP contribution in [0.3, 0.4) is 0 Å². The van der Waals surface area contributed by atoms with Crippen LogP contribution in [0.5, 0.6) is 0 Å². The zero-order valence-corrected chi connectivity index (χ0v) is 13.5. The molecule has 0 aromatic heterocycles. The highest BCUT2D eigenvalue weighted by Crippen LogP contribution is 2.38. The lowest BCUT2D eigenvalue weighted by Crippen LogP contribution is -2.41. The molecule has 2 aliphatic rings. The molecular formula is C15H20BO3Si. The molecule has 3 nitrogen and oxygen atoms in total. The van der Waals surface area contributed by atoms with E-state index in [1.807, 2.05) is 0 Å². The first-order chi connectivity index (χ1) is 9.36. The number of rotatable bonds is 2. The summed E-state index contributed by atoms with van der Waals surface area (Å²) in [6.45, 7) is 8.33. The molecule has 0 N–H and O–H groups in total. The molecule has 1 saturated heterocycles. The van der Waals surface area contributed by atoms with E-state index in [1.54, 1.807) is 0 Å². The van der Waals surface area contributed by atoms with Gasteiger partial charge in [0, 0.05) is 0 Å². The Kier molecular flexibility index (Phi) is 3.36. The van der Waals surface area contributed by atoms with Gasteiger partial charge >= 0.3 is 7.12 Å². The van der Waals surface area contributed by atoms with Crippen LogP contribution in [0.2, 0.25) is 0 Å². The van der Waals surface area contributed by atoms with E-state index in [9.17, 15) is 0 Å². The smallest absolute Gasteiger partial charge is 0.412 e. The molecule has 0 saturated carbocycles. The van der Waals surface area contributed by atoms with E-state index in [0.29, 0.717) is 0 Å². The Labute approximate surface area is 124 Å². The van der Waals surface area contributed by atoms with Gasteiger partial charge in [0.05, 0.1) is 17.3 Å². The van der Waals surface area contributed by atoms with Crippen molar-refractivity contribution in [2.45, 2.75) is 57.8 Å². The van der Waals surface area contributed by atoms with Crippen LogP contribution in [-0.4, -0.2) is 28.8 Å². The fourth-order valence-electron chi connectivity index (χ4n) is 2.96. The Bertz CT molecular complexity index is 514. The van der Waals surface area contributed by atoms with E-state index < -0.39 is 0 Å². The zero-order chi connectivity index (χ0) is 14.5. The molecule has 0 bridgehead atoms. The first-order valence-electron chi connectivity index (χ1n) is 7.15. The fraction of sp³-hybridized carbons (Fsp3) is 0.600. The van der Waals surface area contributed by atoms with Crippen LogP contribution in [0.4, 0.5) is 0 Å². The van der Waals surface area contributed by atoms with Gasteiger partial charge in [0.25, 0.3) is 0 Å². The third-order valence-corrected chi connectivity index (χ3v) is 5.19. The Morgan fingerprint density at radius 3 is 2.45 bits per heavy atom. The van der Waals surface area contributed by atoms with Crippen LogP contribution >= 0.6 is 0 Å². The minimum absolute atomic E-state index is 0.129. The summed E-state index contributed by atoms with van der Waals surface area (Å²) in [6, 6.07) is 6.29. The van der Waals surface area contributed by atoms with Gasteiger partial charge in [-0.1, -0.05) is 18.2 Å². The summed E-state index contributed by atoms with van der Waals surface area (Å²) >= 11 is 0. The van der Waals surface area contributed by atoms with Crippen LogP contribution in [0.25, 0.3) is 0 Å². The van der Waals surface area contributed by atoms with Crippen molar-refractivity contribution in [3.05, 3.63) is 29.3 Å². The highest BCUT2D eigenvalue weighted by Gasteiger charge is 2.52. The van der Waals surface area contributed by atoms with Gasteiger partial charge in [0.2, 0.25) is 10.5 Å². The first kappa shape index (κ1) is 14.3. The summed E-state index contributed by atoms with van der Waals surface area (Å²) < 4.78 is 17.7. The number of fused-ring (bicyclic) bond motifs is 1. The van der Waals surface area contributed by atoms with Gasteiger partial charge in [-0.3, -0.25) is 0 Å². The Morgan fingerprint density at radius 1 is 1.20 bits per heavy atom. The van der Waals surface area contributed by atoms with Crippen molar-refractivity contribution in [1.82, 2.24) is 0 Å². The summed E-state index contributed by atoms with van der Waals surface area (Å²) in [4.78, 5) is 0. The zero-order valence-electron chi connectivity index (χ0n) is 12.5. The van der Waals surface area contributed by atoms with Crippen molar-refractivity contribution in [1.29, 1.82) is 0 Å². The van der Waals surface area contributed by atoms with Crippen molar-refractivity contribution in [3.63, 3.8) is 0 Å². The lowest BCUT2D eigenvalue weighted by Gasteiger charge is -2.32. The van der Waals surface area contributed by atoms with Crippen LogP contribution in [-0.2, 0) is 20.2 Å². The van der Waals surface area contributed by atoms with Gasteiger partial charge in [-0.15, -0.1) is 0 Å². The van der Waals surface area contributed by atoms with Gasteiger partial charge in [0.15, 0.2) is 0 Å². The largest absolute Gasteiger partial charge is 0.495 e. The summed E-state index contributed by atoms with van der Waals surface area (Å²) in [5.74, 6) is 0. The average Bonchev–Trinajstić information content (AvgIpc) is 2.88. The summed E-state index contributed by atoms with van der Waals surface area (Å²) in [6.07, 6.45) is 2.13. The van der Waals surface area contributed by atoms with E-state index in [2.05, 4.69) is 56.4 Å². The fourth-order valence-corrected chi connectivity index (χ4v) is 3.20. The van der Waals surface area contributed by atoms with Crippen molar-refractivity contribution in [2.24, 2.45) is 0 Å². The maximum atomic E-state index is 6.17. The van der Waals surface area contributed by atoms with Gasteiger partial charge in [-0.05, 0) is 57.1 Å². The topological polar surface area (TPSA) is 27.7 Å². The molecule has 1 heterocycles. The molecule has 1 aliphatic heterocycles. The summed E-state index contributed by atoms with van der Waals surface area (Å²) in [7, 11) is 2.89. The Morgan fingerprint density at radius 2 is 1.85 bits per heavy atom. The highest BCUT2D eigenvalue weighted by molar-refractivity contribution is 6.62. The number of hydrogen-bond donors (Lipinski definition) is 0. The minimum atomic E-state index is -0.302. The van der Waals surface area contributed by atoms with Crippen LogP contribution in [0, 0.1) is 0 Å². The molecule has 1 aromatic rings. The van der Waals surface area contributed by atoms with E-state index in [0.717, 1.165) is 18.3 Å². The monoisotopic (exact) mass is 287 g/mol. The second kappa shape index (κ2) is 4.70. The lowest BCUT2D eigenvalue weighted by atomic mass is 9.75. The molecule has 0 spiro atoms. The standard InChI is InChI=1S/C15H20BO3Si/c1-14(2)15(3,4)19-16(18-14)12-7-5-6-11-10(12)8-9-13(11)17-20/h5-7,13H,8-9H2,1-4H3. The Hall–Kier alpha value is -0.618. The van der Waals surface area contributed by atoms with Crippen molar-refractivity contribution >= 4 is 23.1 Å². The van der Waals surface area contributed by atoms with Crippen LogP contribution in [0.1, 0.15) is 51.3 Å². The second-order valence-corrected chi connectivity index (χ2v) is 6.88. The molecule has 1 aliphatic carbocycles. The van der Waals surface area contributed by atoms with Crippen LogP contribution in [0.15, 0.2) is 18.2 Å². The average molecular weight is 287 g/mol. The molecule has 1 atom stereocenters. The van der Waals surface area contributed by atoms with Crippen molar-refractivity contribution in [3.8, 4) is 0 Å². The first-order valence-corrected chi connectivity index (χ1v) is 7.56. The molecule has 5 heteroatoms. The molecule has 3 radical (unpaired) electrons. The molecule has 0 amide bonds. The van der Waals surface area contributed by atoms with Gasteiger partial charge in [-0.25, -0.2) is 0 Å². The van der Waals surface area contributed by atoms with E-state index in [-0.39, 0.29) is 24.4 Å². The molecule has 3 rings (SSSR count). The van der Waals surface area contributed by atoms with Crippen molar-refractivity contribution in [2.75, 3.05) is 0 Å². The molecule has 105 valence electrons. The number of benzene rings is 1. The highest BCUT2D eigenvalue weighted by atomic mass is 28.2. The minimum Gasteiger partial charge on any atom is -0.412 e. The van der Waals surface area contributed by atoms with Crippen LogP contribution < -0.4 is 5.46 Å².